The number of rotatable bonds is 6. The number of carbonyl (C=O) groups is 1. The van der Waals surface area contributed by atoms with Gasteiger partial charge in [-0.3, -0.25) is 9.69 Å². The third-order valence-corrected chi connectivity index (χ3v) is 6.08. The van der Waals surface area contributed by atoms with Gasteiger partial charge in [0.25, 0.3) is 0 Å². The van der Waals surface area contributed by atoms with Crippen molar-refractivity contribution in [3.8, 4) is 10.6 Å². The van der Waals surface area contributed by atoms with Gasteiger partial charge in [-0.15, -0.1) is 11.3 Å². The lowest BCUT2D eigenvalue weighted by atomic mass is 10.0. The molecular formula is C23H24FN3OS. The molecule has 0 radical (unpaired) electrons. The molecule has 1 aliphatic rings. The number of thiazole rings is 1. The van der Waals surface area contributed by atoms with E-state index in [0.29, 0.717) is 12.1 Å². The highest BCUT2D eigenvalue weighted by atomic mass is 32.1. The van der Waals surface area contributed by atoms with Crippen LogP contribution < -0.4 is 5.32 Å². The van der Waals surface area contributed by atoms with Gasteiger partial charge in [0.05, 0.1) is 12.1 Å². The van der Waals surface area contributed by atoms with E-state index in [2.05, 4.69) is 15.2 Å². The van der Waals surface area contributed by atoms with Crippen LogP contribution in [0, 0.1) is 5.82 Å². The Morgan fingerprint density at radius 2 is 1.97 bits per heavy atom. The molecule has 1 atom stereocenters. The van der Waals surface area contributed by atoms with E-state index in [9.17, 15) is 9.18 Å². The van der Waals surface area contributed by atoms with Crippen LogP contribution in [0.4, 0.5) is 4.39 Å². The van der Waals surface area contributed by atoms with Gasteiger partial charge in [-0.05, 0) is 25.5 Å². The second-order valence-corrected chi connectivity index (χ2v) is 8.28. The topological polar surface area (TPSA) is 45.2 Å². The molecule has 4 rings (SSSR count). The molecule has 1 N–H and O–H groups in total. The Bertz CT molecular complexity index is 960. The van der Waals surface area contributed by atoms with E-state index in [4.69, 9.17) is 0 Å². The Morgan fingerprint density at radius 3 is 2.79 bits per heavy atom. The van der Waals surface area contributed by atoms with Crippen LogP contribution in [-0.4, -0.2) is 34.9 Å². The Morgan fingerprint density at radius 1 is 1.17 bits per heavy atom. The van der Waals surface area contributed by atoms with E-state index in [1.807, 2.05) is 47.8 Å². The van der Waals surface area contributed by atoms with Gasteiger partial charge in [0, 0.05) is 35.6 Å². The molecule has 0 aliphatic carbocycles. The van der Waals surface area contributed by atoms with E-state index >= 15 is 0 Å². The van der Waals surface area contributed by atoms with Crippen LogP contribution >= 0.6 is 11.3 Å². The standard InChI is InChI=1S/C23H24FN3OS/c24-21-11-5-4-9-18(21)14-27-12-6-10-19(15-27)25-22(28)13-20-16-29-23(26-20)17-7-2-1-3-8-17/h1-5,7-9,11,16,19H,6,10,12-15H2,(H,25,28)/t19-/m1/s1. The number of carbonyl (C=O) groups excluding carboxylic acids is 1. The highest BCUT2D eigenvalue weighted by molar-refractivity contribution is 7.13. The summed E-state index contributed by atoms with van der Waals surface area (Å²) in [6, 6.07) is 17.0. The summed E-state index contributed by atoms with van der Waals surface area (Å²) < 4.78 is 13.9. The summed E-state index contributed by atoms with van der Waals surface area (Å²) >= 11 is 1.56. The lowest BCUT2D eigenvalue weighted by molar-refractivity contribution is -0.121. The van der Waals surface area contributed by atoms with E-state index in [0.717, 1.165) is 42.2 Å². The van der Waals surface area contributed by atoms with Gasteiger partial charge in [-0.25, -0.2) is 9.37 Å². The summed E-state index contributed by atoms with van der Waals surface area (Å²) in [5.41, 5.74) is 2.57. The first-order valence-electron chi connectivity index (χ1n) is 9.92. The van der Waals surface area contributed by atoms with Gasteiger partial charge in [0.1, 0.15) is 10.8 Å². The summed E-state index contributed by atoms with van der Waals surface area (Å²) in [6.07, 6.45) is 2.23. The van der Waals surface area contributed by atoms with E-state index in [1.165, 1.54) is 6.07 Å². The van der Waals surface area contributed by atoms with E-state index < -0.39 is 0 Å². The van der Waals surface area contributed by atoms with Crippen LogP contribution in [0.5, 0.6) is 0 Å². The van der Waals surface area contributed by atoms with Crippen LogP contribution in [0.2, 0.25) is 0 Å². The van der Waals surface area contributed by atoms with Crippen molar-refractivity contribution in [2.24, 2.45) is 0 Å². The lowest BCUT2D eigenvalue weighted by Crippen LogP contribution is -2.47. The molecule has 0 spiro atoms. The van der Waals surface area contributed by atoms with Crippen LogP contribution in [0.1, 0.15) is 24.1 Å². The molecule has 4 nitrogen and oxygen atoms in total. The van der Waals surface area contributed by atoms with Crippen molar-refractivity contribution >= 4 is 17.2 Å². The van der Waals surface area contributed by atoms with Crippen molar-refractivity contribution in [1.29, 1.82) is 0 Å². The number of amides is 1. The largest absolute Gasteiger partial charge is 0.352 e. The third kappa shape index (κ3) is 5.28. The fourth-order valence-electron chi connectivity index (χ4n) is 3.73. The number of aromatic nitrogens is 1. The van der Waals surface area contributed by atoms with Crippen molar-refractivity contribution in [3.63, 3.8) is 0 Å². The van der Waals surface area contributed by atoms with Crippen LogP contribution in [0.25, 0.3) is 10.6 Å². The number of nitrogens with zero attached hydrogens (tertiary/aromatic N) is 2. The zero-order chi connectivity index (χ0) is 20.1. The number of nitrogens with one attached hydrogen (secondary N) is 1. The van der Waals surface area contributed by atoms with Gasteiger partial charge in [-0.2, -0.15) is 0 Å². The highest BCUT2D eigenvalue weighted by Crippen LogP contribution is 2.23. The Hall–Kier alpha value is -2.57. The van der Waals surface area contributed by atoms with Gasteiger partial charge >= 0.3 is 0 Å². The van der Waals surface area contributed by atoms with E-state index in [1.54, 1.807) is 17.4 Å². The third-order valence-electron chi connectivity index (χ3n) is 5.14. The monoisotopic (exact) mass is 409 g/mol. The van der Waals surface area contributed by atoms with Crippen molar-refractivity contribution in [1.82, 2.24) is 15.2 Å². The minimum Gasteiger partial charge on any atom is -0.352 e. The van der Waals surface area contributed by atoms with Crippen LogP contribution in [0.3, 0.4) is 0 Å². The quantitative estimate of drug-likeness (QED) is 0.661. The first-order chi connectivity index (χ1) is 14.2. The average molecular weight is 410 g/mol. The first-order valence-corrected chi connectivity index (χ1v) is 10.8. The zero-order valence-electron chi connectivity index (χ0n) is 16.2. The maximum atomic E-state index is 13.9. The second-order valence-electron chi connectivity index (χ2n) is 7.42. The molecule has 2 heterocycles. The normalized spacial score (nSPS) is 17.2. The molecule has 0 unspecified atom stereocenters. The summed E-state index contributed by atoms with van der Waals surface area (Å²) in [7, 11) is 0. The molecule has 29 heavy (non-hydrogen) atoms. The van der Waals surface area contributed by atoms with Crippen molar-refractivity contribution < 1.29 is 9.18 Å². The van der Waals surface area contributed by atoms with Gasteiger partial charge in [0.2, 0.25) is 5.91 Å². The number of halogens is 1. The number of piperidine rings is 1. The van der Waals surface area contributed by atoms with Crippen LogP contribution in [-0.2, 0) is 17.8 Å². The predicted molar refractivity (Wildman–Crippen MR) is 114 cm³/mol. The maximum absolute atomic E-state index is 13.9. The molecule has 1 aliphatic heterocycles. The number of benzene rings is 2. The maximum Gasteiger partial charge on any atom is 0.226 e. The van der Waals surface area contributed by atoms with Crippen molar-refractivity contribution in [2.45, 2.75) is 31.8 Å². The highest BCUT2D eigenvalue weighted by Gasteiger charge is 2.22. The molecule has 0 saturated carbocycles. The molecule has 2 aromatic carbocycles. The molecular weight excluding hydrogens is 385 g/mol. The minimum absolute atomic E-state index is 0.00680. The summed E-state index contributed by atoms with van der Waals surface area (Å²) in [5, 5.41) is 6.02. The number of hydrogen-bond acceptors (Lipinski definition) is 4. The van der Waals surface area contributed by atoms with Crippen molar-refractivity contribution in [2.75, 3.05) is 13.1 Å². The molecule has 0 bridgehead atoms. The van der Waals surface area contributed by atoms with Crippen molar-refractivity contribution in [3.05, 3.63) is 77.1 Å². The molecule has 150 valence electrons. The van der Waals surface area contributed by atoms with Gasteiger partial charge in [0.15, 0.2) is 0 Å². The Kier molecular flexibility index (Phi) is 6.32. The molecule has 6 heteroatoms. The summed E-state index contributed by atoms with van der Waals surface area (Å²) in [6.45, 7) is 2.24. The minimum atomic E-state index is -0.170. The first kappa shape index (κ1) is 19.7. The molecule has 1 aromatic heterocycles. The summed E-state index contributed by atoms with van der Waals surface area (Å²) in [4.78, 5) is 19.3. The SMILES string of the molecule is O=C(Cc1csc(-c2ccccc2)n1)N[C@@H]1CCCN(Cc2ccccc2F)C1. The number of likely N-dealkylation sites (tertiary alicyclic amines) is 1. The number of hydrogen-bond donors (Lipinski definition) is 1. The average Bonchev–Trinajstić information content (AvgIpc) is 3.19. The van der Waals surface area contributed by atoms with E-state index in [-0.39, 0.29) is 24.2 Å². The smallest absolute Gasteiger partial charge is 0.226 e. The van der Waals surface area contributed by atoms with Crippen LogP contribution in [0.15, 0.2) is 60.0 Å². The lowest BCUT2D eigenvalue weighted by Gasteiger charge is -2.33. The van der Waals surface area contributed by atoms with Gasteiger partial charge < -0.3 is 5.32 Å². The molecule has 3 aromatic rings. The summed E-state index contributed by atoms with van der Waals surface area (Å²) in [5.74, 6) is -0.177. The molecule has 1 fully saturated rings. The second kappa shape index (κ2) is 9.29. The zero-order valence-corrected chi connectivity index (χ0v) is 17.0. The Labute approximate surface area is 174 Å². The Balaban J connectivity index is 1.30. The molecule has 1 amide bonds. The van der Waals surface area contributed by atoms with Gasteiger partial charge in [-0.1, -0.05) is 48.5 Å². The fourth-order valence-corrected chi connectivity index (χ4v) is 4.56. The predicted octanol–water partition coefficient (Wildman–Crippen LogP) is 4.27. The molecule has 1 saturated heterocycles. The fraction of sp³-hybridized carbons (Fsp3) is 0.304.